The maximum Gasteiger partial charge on any atom is 0.183 e. The monoisotopic (exact) mass is 422 g/mol. The Morgan fingerprint density at radius 1 is 1.07 bits per heavy atom. The van der Waals surface area contributed by atoms with Crippen LogP contribution in [0.4, 0.5) is 0 Å². The molecular weight excluding hydrogens is 396 g/mol. The normalized spacial score (nSPS) is 22.2. The molecule has 1 saturated heterocycles. The van der Waals surface area contributed by atoms with Gasteiger partial charge in [-0.25, -0.2) is 16.8 Å². The van der Waals surface area contributed by atoms with E-state index in [1.807, 2.05) is 12.1 Å². The van der Waals surface area contributed by atoms with E-state index in [0.29, 0.717) is 6.54 Å². The van der Waals surface area contributed by atoms with Crippen molar-refractivity contribution in [1.29, 1.82) is 0 Å². The van der Waals surface area contributed by atoms with Gasteiger partial charge in [0, 0.05) is 18.8 Å². The van der Waals surface area contributed by atoms with Crippen molar-refractivity contribution in [1.82, 2.24) is 10.3 Å². The third kappa shape index (κ3) is 4.61. The maximum absolute atomic E-state index is 13.2. The Labute approximate surface area is 167 Å². The quantitative estimate of drug-likeness (QED) is 0.793. The standard InChI is InChI=1S/C20H26N2O4S2/c1-20(2,3)15-7-9-17(10-8-15)28(25,26)19-14-27(23,24)13-18(19)22-12-16-6-4-5-11-21-16/h4-11,18-19,22H,12-14H2,1-3H3/t18-,19+/m1/s1. The third-order valence-electron chi connectivity index (χ3n) is 5.02. The molecule has 1 aromatic heterocycles. The van der Waals surface area contributed by atoms with E-state index in [4.69, 9.17) is 0 Å². The number of nitrogens with one attached hydrogen (secondary N) is 1. The molecule has 0 amide bonds. The van der Waals surface area contributed by atoms with E-state index >= 15 is 0 Å². The van der Waals surface area contributed by atoms with Gasteiger partial charge in [-0.2, -0.15) is 0 Å². The van der Waals surface area contributed by atoms with Crippen molar-refractivity contribution in [2.45, 2.75) is 48.9 Å². The molecule has 0 unspecified atom stereocenters. The van der Waals surface area contributed by atoms with Crippen LogP contribution in [0.3, 0.4) is 0 Å². The molecule has 1 aromatic carbocycles. The molecule has 0 bridgehead atoms. The predicted molar refractivity (Wildman–Crippen MR) is 110 cm³/mol. The summed E-state index contributed by atoms with van der Waals surface area (Å²) >= 11 is 0. The minimum atomic E-state index is -3.79. The van der Waals surface area contributed by atoms with Gasteiger partial charge in [-0.05, 0) is 35.2 Å². The number of nitrogens with zero attached hydrogens (tertiary/aromatic N) is 1. The van der Waals surface area contributed by atoms with Crippen LogP contribution in [-0.4, -0.2) is 44.6 Å². The molecule has 1 N–H and O–H groups in total. The highest BCUT2D eigenvalue weighted by atomic mass is 32.2. The Morgan fingerprint density at radius 3 is 2.32 bits per heavy atom. The molecule has 152 valence electrons. The average molecular weight is 423 g/mol. The highest BCUT2D eigenvalue weighted by Gasteiger charge is 2.45. The Morgan fingerprint density at radius 2 is 1.75 bits per heavy atom. The third-order valence-corrected chi connectivity index (χ3v) is 9.19. The largest absolute Gasteiger partial charge is 0.306 e. The summed E-state index contributed by atoms with van der Waals surface area (Å²) in [4.78, 5) is 4.35. The van der Waals surface area contributed by atoms with Crippen LogP contribution in [0, 0.1) is 0 Å². The van der Waals surface area contributed by atoms with Crippen LogP contribution in [0.1, 0.15) is 32.0 Å². The Hall–Kier alpha value is -1.77. The zero-order valence-corrected chi connectivity index (χ0v) is 17.9. The molecular formula is C20H26N2O4S2. The molecule has 0 radical (unpaired) electrons. The van der Waals surface area contributed by atoms with Crippen molar-refractivity contribution in [2.24, 2.45) is 0 Å². The number of aromatic nitrogens is 1. The van der Waals surface area contributed by atoms with Crippen molar-refractivity contribution in [3.05, 3.63) is 59.9 Å². The lowest BCUT2D eigenvalue weighted by atomic mass is 9.87. The summed E-state index contributed by atoms with van der Waals surface area (Å²) in [6.07, 6.45) is 1.65. The fourth-order valence-electron chi connectivity index (χ4n) is 3.37. The van der Waals surface area contributed by atoms with Crippen molar-refractivity contribution in [3.8, 4) is 0 Å². The van der Waals surface area contributed by atoms with Crippen LogP contribution in [-0.2, 0) is 31.6 Å². The summed E-state index contributed by atoms with van der Waals surface area (Å²) in [6.45, 7) is 6.48. The van der Waals surface area contributed by atoms with Crippen LogP contribution in [0.25, 0.3) is 0 Å². The molecule has 0 saturated carbocycles. The maximum atomic E-state index is 13.2. The number of pyridine rings is 1. The van der Waals surface area contributed by atoms with Gasteiger partial charge < -0.3 is 5.32 Å². The topological polar surface area (TPSA) is 93.2 Å². The van der Waals surface area contributed by atoms with E-state index in [1.165, 1.54) is 0 Å². The zero-order valence-electron chi connectivity index (χ0n) is 16.3. The lowest BCUT2D eigenvalue weighted by Crippen LogP contribution is -2.43. The van der Waals surface area contributed by atoms with Gasteiger partial charge in [0.1, 0.15) is 0 Å². The molecule has 1 aliphatic heterocycles. The molecule has 2 aromatic rings. The molecule has 3 rings (SSSR count). The van der Waals surface area contributed by atoms with Crippen LogP contribution in [0.2, 0.25) is 0 Å². The number of hydrogen-bond acceptors (Lipinski definition) is 6. The molecule has 2 heterocycles. The van der Waals surface area contributed by atoms with E-state index in [1.54, 1.807) is 36.5 Å². The first kappa shape index (κ1) is 21.0. The van der Waals surface area contributed by atoms with Crippen LogP contribution >= 0.6 is 0 Å². The van der Waals surface area contributed by atoms with Gasteiger partial charge in [-0.3, -0.25) is 4.98 Å². The number of hydrogen-bond donors (Lipinski definition) is 1. The summed E-state index contributed by atoms with van der Waals surface area (Å²) in [7, 11) is -7.22. The summed E-state index contributed by atoms with van der Waals surface area (Å²) < 4.78 is 50.8. The zero-order chi connectivity index (χ0) is 20.6. The van der Waals surface area contributed by atoms with E-state index in [2.05, 4.69) is 31.1 Å². The van der Waals surface area contributed by atoms with Gasteiger partial charge in [0.25, 0.3) is 0 Å². The van der Waals surface area contributed by atoms with Gasteiger partial charge in [-0.15, -0.1) is 0 Å². The van der Waals surface area contributed by atoms with Crippen molar-refractivity contribution in [3.63, 3.8) is 0 Å². The summed E-state index contributed by atoms with van der Waals surface area (Å²) in [5, 5.41) is 2.08. The van der Waals surface area contributed by atoms with Gasteiger partial charge in [0.2, 0.25) is 0 Å². The molecule has 8 heteroatoms. The van der Waals surface area contributed by atoms with E-state index in [0.717, 1.165) is 11.3 Å². The Balaban J connectivity index is 1.85. The second-order valence-corrected chi connectivity index (χ2v) is 12.6. The molecule has 1 fully saturated rings. The predicted octanol–water partition coefficient (Wildman–Crippen LogP) is 2.11. The fourth-order valence-corrected chi connectivity index (χ4v) is 8.09. The smallest absolute Gasteiger partial charge is 0.183 e. The first-order valence-electron chi connectivity index (χ1n) is 9.17. The first-order valence-corrected chi connectivity index (χ1v) is 12.5. The Bertz CT molecular complexity index is 1030. The second-order valence-electron chi connectivity index (χ2n) is 8.24. The van der Waals surface area contributed by atoms with E-state index < -0.39 is 31.0 Å². The van der Waals surface area contributed by atoms with Gasteiger partial charge in [0.05, 0.1) is 27.3 Å². The summed E-state index contributed by atoms with van der Waals surface area (Å²) in [5.41, 5.74) is 1.67. The summed E-state index contributed by atoms with van der Waals surface area (Å²) in [5.74, 6) is -0.556. The van der Waals surface area contributed by atoms with Gasteiger partial charge in [-0.1, -0.05) is 39.0 Å². The lowest BCUT2D eigenvalue weighted by Gasteiger charge is -2.22. The summed E-state index contributed by atoms with van der Waals surface area (Å²) in [6, 6.07) is 11.5. The van der Waals surface area contributed by atoms with Crippen LogP contribution in [0.5, 0.6) is 0 Å². The highest BCUT2D eigenvalue weighted by Crippen LogP contribution is 2.28. The highest BCUT2D eigenvalue weighted by molar-refractivity contribution is 7.96. The van der Waals surface area contributed by atoms with Crippen molar-refractivity contribution in [2.75, 3.05) is 11.5 Å². The van der Waals surface area contributed by atoms with E-state index in [9.17, 15) is 16.8 Å². The first-order chi connectivity index (χ1) is 13.0. The molecule has 0 aliphatic carbocycles. The minimum Gasteiger partial charge on any atom is -0.306 e. The second kappa shape index (κ2) is 7.57. The van der Waals surface area contributed by atoms with Crippen molar-refractivity contribution >= 4 is 19.7 Å². The van der Waals surface area contributed by atoms with Crippen molar-refractivity contribution < 1.29 is 16.8 Å². The Kier molecular flexibility index (Phi) is 5.67. The molecule has 28 heavy (non-hydrogen) atoms. The molecule has 0 spiro atoms. The molecule has 6 nitrogen and oxygen atoms in total. The lowest BCUT2D eigenvalue weighted by molar-refractivity contribution is 0.522. The fraction of sp³-hybridized carbons (Fsp3) is 0.450. The van der Waals surface area contributed by atoms with E-state index in [-0.39, 0.29) is 21.8 Å². The molecule has 2 atom stereocenters. The average Bonchev–Trinajstić information content (AvgIpc) is 2.96. The van der Waals surface area contributed by atoms with Crippen LogP contribution in [0.15, 0.2) is 53.6 Å². The number of benzene rings is 1. The number of rotatable bonds is 5. The van der Waals surface area contributed by atoms with Gasteiger partial charge >= 0.3 is 0 Å². The SMILES string of the molecule is CC(C)(C)c1ccc(S(=O)(=O)[C@H]2CS(=O)(=O)C[C@H]2NCc2ccccn2)cc1. The minimum absolute atomic E-state index is 0.0915. The van der Waals surface area contributed by atoms with Crippen LogP contribution < -0.4 is 5.32 Å². The number of sulfone groups is 2. The van der Waals surface area contributed by atoms with Gasteiger partial charge in [0.15, 0.2) is 19.7 Å². The molecule has 1 aliphatic rings.